The number of hydrogen-bond donors (Lipinski definition) is 0. The molecule has 4 aromatic rings. The molecule has 5 rings (SSSR count). The second kappa shape index (κ2) is 6.23. The first-order valence-corrected chi connectivity index (χ1v) is 9.36. The van der Waals surface area contributed by atoms with Gasteiger partial charge < -0.3 is 9.80 Å². The van der Waals surface area contributed by atoms with Crippen LogP contribution in [0.2, 0.25) is 0 Å². The highest BCUT2D eigenvalue weighted by Crippen LogP contribution is 2.21. The lowest BCUT2D eigenvalue weighted by molar-refractivity contribution is 0.0746. The van der Waals surface area contributed by atoms with Crippen LogP contribution in [-0.2, 0) is 0 Å². The van der Waals surface area contributed by atoms with Gasteiger partial charge in [-0.25, -0.2) is 4.98 Å². The second-order valence-electron chi connectivity index (χ2n) is 6.44. The van der Waals surface area contributed by atoms with Crippen LogP contribution in [0.15, 0.2) is 30.6 Å². The van der Waals surface area contributed by atoms with Gasteiger partial charge >= 0.3 is 0 Å². The van der Waals surface area contributed by atoms with E-state index >= 15 is 0 Å². The maximum atomic E-state index is 12.8. The Balaban J connectivity index is 1.34. The molecule has 10 heteroatoms. The number of benzene rings is 1. The van der Waals surface area contributed by atoms with Crippen LogP contribution < -0.4 is 4.90 Å². The monoisotopic (exact) mass is 380 g/mol. The molecule has 4 heterocycles. The van der Waals surface area contributed by atoms with Crippen molar-refractivity contribution in [2.24, 2.45) is 0 Å². The summed E-state index contributed by atoms with van der Waals surface area (Å²) in [4.78, 5) is 21.4. The van der Waals surface area contributed by atoms with Gasteiger partial charge in [0.15, 0.2) is 5.82 Å². The Morgan fingerprint density at radius 3 is 2.74 bits per heavy atom. The van der Waals surface area contributed by atoms with Gasteiger partial charge in [-0.05, 0) is 25.1 Å². The fourth-order valence-electron chi connectivity index (χ4n) is 3.37. The van der Waals surface area contributed by atoms with E-state index in [2.05, 4.69) is 28.8 Å². The summed E-state index contributed by atoms with van der Waals surface area (Å²) < 4.78 is 10.3. The molecule has 0 saturated carbocycles. The van der Waals surface area contributed by atoms with Crippen molar-refractivity contribution in [3.05, 3.63) is 42.0 Å². The van der Waals surface area contributed by atoms with Gasteiger partial charge in [0.05, 0.1) is 11.7 Å². The zero-order valence-electron chi connectivity index (χ0n) is 14.6. The Kier molecular flexibility index (Phi) is 3.71. The molecule has 136 valence electrons. The number of anilines is 1. The Morgan fingerprint density at radius 1 is 1.07 bits per heavy atom. The molecular weight excluding hydrogens is 364 g/mol. The lowest BCUT2D eigenvalue weighted by Gasteiger charge is -2.35. The molecule has 0 aliphatic carbocycles. The fraction of sp³-hybridized carbons (Fsp3) is 0.294. The molecule has 0 N–H and O–H groups in total. The van der Waals surface area contributed by atoms with Gasteiger partial charge in [0.1, 0.15) is 16.9 Å². The molecule has 1 aliphatic heterocycles. The molecule has 27 heavy (non-hydrogen) atoms. The zero-order valence-corrected chi connectivity index (χ0v) is 15.4. The minimum absolute atomic E-state index is 0.0223. The van der Waals surface area contributed by atoms with Crippen LogP contribution in [0.25, 0.3) is 16.7 Å². The summed E-state index contributed by atoms with van der Waals surface area (Å²) in [5.74, 6) is 1.66. The summed E-state index contributed by atoms with van der Waals surface area (Å²) >= 11 is 1.16. The Labute approximate surface area is 158 Å². The van der Waals surface area contributed by atoms with Crippen LogP contribution in [0.1, 0.15) is 16.2 Å². The summed E-state index contributed by atoms with van der Waals surface area (Å²) in [6.45, 7) is 4.56. The second-order valence-corrected chi connectivity index (χ2v) is 6.97. The summed E-state index contributed by atoms with van der Waals surface area (Å²) in [7, 11) is 0. The normalized spacial score (nSPS) is 15.0. The van der Waals surface area contributed by atoms with Crippen LogP contribution in [0.3, 0.4) is 0 Å². The summed E-state index contributed by atoms with van der Waals surface area (Å²) in [5.41, 5.74) is 2.99. The number of amides is 1. The van der Waals surface area contributed by atoms with Gasteiger partial charge in [-0.2, -0.15) is 8.75 Å². The number of aromatic nitrogens is 6. The molecule has 3 aromatic heterocycles. The van der Waals surface area contributed by atoms with E-state index in [1.807, 2.05) is 40.6 Å². The average molecular weight is 380 g/mol. The third-order valence-electron chi connectivity index (χ3n) is 4.85. The number of piperazine rings is 1. The molecule has 9 nitrogen and oxygen atoms in total. The molecular formula is C17H16N8OS. The van der Waals surface area contributed by atoms with Gasteiger partial charge in [-0.1, -0.05) is 0 Å². The van der Waals surface area contributed by atoms with Crippen LogP contribution in [0.5, 0.6) is 0 Å². The Bertz CT molecular complexity index is 1140. The number of carbonyl (C=O) groups is 1. The highest BCUT2D eigenvalue weighted by atomic mass is 32.1. The standard InChI is InChI=1S/C17H16N8OS/c1-11-19-20-16-15(18-4-5-25(11)16)23-6-8-24(9-7-23)17(26)12-2-3-13-14(10-12)22-27-21-13/h2-5,10H,6-9H2,1H3. The van der Waals surface area contributed by atoms with Crippen molar-refractivity contribution in [2.75, 3.05) is 31.1 Å². The number of rotatable bonds is 2. The maximum Gasteiger partial charge on any atom is 0.254 e. The number of fused-ring (bicyclic) bond motifs is 2. The van der Waals surface area contributed by atoms with Crippen molar-refractivity contribution in [3.8, 4) is 0 Å². The van der Waals surface area contributed by atoms with E-state index in [-0.39, 0.29) is 5.91 Å². The summed E-state index contributed by atoms with van der Waals surface area (Å²) in [5, 5.41) is 8.36. The zero-order chi connectivity index (χ0) is 18.4. The molecule has 0 radical (unpaired) electrons. The molecule has 0 spiro atoms. The first-order chi connectivity index (χ1) is 13.2. The van der Waals surface area contributed by atoms with E-state index in [0.29, 0.717) is 31.7 Å². The Hall–Kier alpha value is -3.14. The largest absolute Gasteiger partial charge is 0.350 e. The topological polar surface area (TPSA) is 92.4 Å². The van der Waals surface area contributed by atoms with Crippen molar-refractivity contribution in [1.82, 2.24) is 33.2 Å². The first-order valence-electron chi connectivity index (χ1n) is 8.63. The fourth-order valence-corrected chi connectivity index (χ4v) is 3.89. The molecule has 1 saturated heterocycles. The van der Waals surface area contributed by atoms with Crippen LogP contribution in [0.4, 0.5) is 5.82 Å². The highest BCUT2D eigenvalue weighted by Gasteiger charge is 2.25. The average Bonchev–Trinajstić information content (AvgIpc) is 3.33. The molecule has 0 bridgehead atoms. The van der Waals surface area contributed by atoms with Crippen LogP contribution in [-0.4, -0.2) is 65.3 Å². The molecule has 1 aliphatic rings. The first kappa shape index (κ1) is 16.1. The van der Waals surface area contributed by atoms with Gasteiger partial charge in [-0.15, -0.1) is 10.2 Å². The summed E-state index contributed by atoms with van der Waals surface area (Å²) in [6.07, 6.45) is 3.62. The third-order valence-corrected chi connectivity index (χ3v) is 5.40. The number of aryl methyl sites for hydroxylation is 1. The van der Waals surface area contributed by atoms with E-state index in [1.165, 1.54) is 0 Å². The predicted octanol–water partition coefficient (Wildman–Crippen LogP) is 1.40. The third kappa shape index (κ3) is 2.69. The van der Waals surface area contributed by atoms with Crippen molar-refractivity contribution >= 4 is 40.1 Å². The number of hydrogen-bond acceptors (Lipinski definition) is 8. The highest BCUT2D eigenvalue weighted by molar-refractivity contribution is 7.00. The number of carbonyl (C=O) groups excluding carboxylic acids is 1. The molecule has 0 unspecified atom stereocenters. The van der Waals surface area contributed by atoms with E-state index in [0.717, 1.165) is 40.1 Å². The molecule has 1 fully saturated rings. The minimum Gasteiger partial charge on any atom is -0.350 e. The van der Waals surface area contributed by atoms with Gasteiger partial charge in [-0.3, -0.25) is 9.20 Å². The van der Waals surface area contributed by atoms with Gasteiger partial charge in [0.2, 0.25) is 5.65 Å². The summed E-state index contributed by atoms with van der Waals surface area (Å²) in [6, 6.07) is 5.48. The van der Waals surface area contributed by atoms with Gasteiger partial charge in [0, 0.05) is 44.1 Å². The van der Waals surface area contributed by atoms with Crippen molar-refractivity contribution in [2.45, 2.75) is 6.92 Å². The van der Waals surface area contributed by atoms with Crippen LogP contribution >= 0.6 is 11.7 Å². The lowest BCUT2D eigenvalue weighted by Crippen LogP contribution is -2.49. The lowest BCUT2D eigenvalue weighted by atomic mass is 10.1. The van der Waals surface area contributed by atoms with Crippen molar-refractivity contribution in [3.63, 3.8) is 0 Å². The predicted molar refractivity (Wildman–Crippen MR) is 101 cm³/mol. The molecule has 1 aromatic carbocycles. The van der Waals surface area contributed by atoms with Crippen LogP contribution in [0, 0.1) is 6.92 Å². The molecule has 1 amide bonds. The molecule has 0 atom stereocenters. The smallest absolute Gasteiger partial charge is 0.254 e. The maximum absolute atomic E-state index is 12.8. The van der Waals surface area contributed by atoms with Crippen molar-refractivity contribution < 1.29 is 4.79 Å². The number of nitrogens with zero attached hydrogens (tertiary/aromatic N) is 8. The van der Waals surface area contributed by atoms with E-state index in [1.54, 1.807) is 6.20 Å². The van der Waals surface area contributed by atoms with E-state index in [4.69, 9.17) is 0 Å². The van der Waals surface area contributed by atoms with E-state index in [9.17, 15) is 4.79 Å². The van der Waals surface area contributed by atoms with Crippen molar-refractivity contribution in [1.29, 1.82) is 0 Å². The Morgan fingerprint density at radius 2 is 1.89 bits per heavy atom. The quantitative estimate of drug-likeness (QED) is 0.519. The minimum atomic E-state index is 0.0223. The van der Waals surface area contributed by atoms with E-state index < -0.39 is 0 Å². The SMILES string of the molecule is Cc1nnc2c(N3CCN(C(=O)c4ccc5nsnc5c4)CC3)nccn12. The van der Waals surface area contributed by atoms with Gasteiger partial charge in [0.25, 0.3) is 5.91 Å².